The number of hydrogen-bond donors (Lipinski definition) is 1. The topological polar surface area (TPSA) is 46.4 Å². The average Bonchev–Trinajstić information content (AvgIpc) is 3.32. The highest BCUT2D eigenvalue weighted by atomic mass is 16.2. The van der Waals surface area contributed by atoms with Crippen LogP contribution in [-0.4, -0.2) is 16.7 Å². The monoisotopic (exact) mass is 493 g/mol. The van der Waals surface area contributed by atoms with Crippen LogP contribution in [0.5, 0.6) is 0 Å². The molecule has 0 aliphatic rings. The number of carbonyl (C=O) groups excluding carboxylic acids is 1. The summed E-state index contributed by atoms with van der Waals surface area (Å²) in [5.74, 6) is -0.611. The molecule has 0 unspecified atom stereocenters. The van der Waals surface area contributed by atoms with Crippen molar-refractivity contribution in [3.63, 3.8) is 0 Å². The average molecular weight is 494 g/mol. The van der Waals surface area contributed by atoms with E-state index in [9.17, 15) is 4.79 Å². The Labute approximate surface area is 221 Å². The number of nitrogens with zero attached hydrogens (tertiary/aromatic N) is 2. The van der Waals surface area contributed by atoms with Crippen molar-refractivity contribution in [2.45, 2.75) is 12.5 Å². The molecule has 1 heterocycles. The van der Waals surface area contributed by atoms with Gasteiger partial charge in [0.05, 0.1) is 12.1 Å². The molecule has 6 aromatic rings. The highest BCUT2D eigenvalue weighted by Gasteiger charge is 2.22. The Morgan fingerprint density at radius 3 is 2.05 bits per heavy atom. The molecule has 4 nitrogen and oxygen atoms in total. The Morgan fingerprint density at radius 2 is 1.32 bits per heavy atom. The molecule has 184 valence electrons. The lowest BCUT2D eigenvalue weighted by atomic mass is 9.91. The first-order valence-electron chi connectivity index (χ1n) is 12.8. The molecule has 0 saturated heterocycles. The number of amides is 1. The zero-order chi connectivity index (χ0) is 25.7. The van der Waals surface area contributed by atoms with E-state index in [2.05, 4.69) is 82.0 Å². The maximum atomic E-state index is 13.3. The minimum atomic E-state index is -0.442. The highest BCUT2D eigenvalue weighted by molar-refractivity contribution is 6.00. The first kappa shape index (κ1) is 23.4. The van der Waals surface area contributed by atoms with Gasteiger partial charge in [0.1, 0.15) is 0 Å². The lowest BCUT2D eigenvalue weighted by Crippen LogP contribution is -2.26. The Hall–Kier alpha value is -4.96. The molecule has 5 aromatic carbocycles. The molecular formula is C34H27N3O. The molecule has 4 heteroatoms. The maximum absolute atomic E-state index is 13.3. The van der Waals surface area contributed by atoms with Gasteiger partial charge < -0.3 is 4.57 Å². The Kier molecular flexibility index (Phi) is 6.52. The van der Waals surface area contributed by atoms with E-state index >= 15 is 0 Å². The second kappa shape index (κ2) is 10.6. The van der Waals surface area contributed by atoms with Gasteiger partial charge >= 0.3 is 0 Å². The summed E-state index contributed by atoms with van der Waals surface area (Å²) in [6.45, 7) is 0.742. The third-order valence-corrected chi connectivity index (χ3v) is 6.95. The van der Waals surface area contributed by atoms with Gasteiger partial charge in [-0.25, -0.2) is 5.43 Å². The molecule has 0 radical (unpaired) electrons. The molecule has 0 spiro atoms. The fourth-order valence-corrected chi connectivity index (χ4v) is 5.14. The number of carbonyl (C=O) groups is 1. The van der Waals surface area contributed by atoms with Crippen LogP contribution < -0.4 is 5.43 Å². The molecule has 6 rings (SSSR count). The predicted octanol–water partition coefficient (Wildman–Crippen LogP) is 7.13. The summed E-state index contributed by atoms with van der Waals surface area (Å²) in [7, 11) is 0. The summed E-state index contributed by atoms with van der Waals surface area (Å²) in [6, 6.07) is 42.8. The highest BCUT2D eigenvalue weighted by Crippen LogP contribution is 2.26. The number of fused-ring (bicyclic) bond motifs is 2. The molecule has 0 fully saturated rings. The Bertz CT molecular complexity index is 1690. The molecular weight excluding hydrogens is 466 g/mol. The molecule has 1 amide bonds. The second-order valence-electron chi connectivity index (χ2n) is 9.36. The van der Waals surface area contributed by atoms with Crippen molar-refractivity contribution < 1.29 is 4.79 Å². The second-order valence-corrected chi connectivity index (χ2v) is 9.36. The zero-order valence-corrected chi connectivity index (χ0v) is 20.9. The summed E-state index contributed by atoms with van der Waals surface area (Å²) < 4.78 is 2.25. The van der Waals surface area contributed by atoms with E-state index in [4.69, 9.17) is 0 Å². The fraction of sp³-hybridized carbons (Fsp3) is 0.0588. The van der Waals surface area contributed by atoms with Crippen LogP contribution in [0.2, 0.25) is 0 Å². The minimum Gasteiger partial charge on any atom is -0.342 e. The summed E-state index contributed by atoms with van der Waals surface area (Å²) in [5, 5.41) is 7.97. The van der Waals surface area contributed by atoms with Crippen molar-refractivity contribution >= 4 is 33.8 Å². The van der Waals surface area contributed by atoms with Gasteiger partial charge in [-0.3, -0.25) is 4.79 Å². The molecule has 0 atom stereocenters. The van der Waals surface area contributed by atoms with Gasteiger partial charge in [-0.05, 0) is 33.5 Å². The first-order chi connectivity index (χ1) is 18.8. The lowest BCUT2D eigenvalue weighted by molar-refractivity contribution is -0.121. The van der Waals surface area contributed by atoms with Crippen molar-refractivity contribution in [3.05, 3.63) is 156 Å². The summed E-state index contributed by atoms with van der Waals surface area (Å²) in [4.78, 5) is 13.3. The van der Waals surface area contributed by atoms with Crippen LogP contribution in [0.15, 0.2) is 139 Å². The van der Waals surface area contributed by atoms with Crippen LogP contribution in [0.25, 0.3) is 21.7 Å². The van der Waals surface area contributed by atoms with E-state index in [-0.39, 0.29) is 5.91 Å². The van der Waals surface area contributed by atoms with Gasteiger partial charge in [0.2, 0.25) is 0 Å². The standard InChI is InChI=1S/C34H27N3O/c38-34(33(26-13-3-1-4-14-26)27-15-5-2-6-16-27)36-35-22-29-24-37(32-21-10-9-20-31(29)32)23-28-18-11-17-25-12-7-8-19-30(25)28/h1-22,24,33H,23H2,(H,36,38)/b35-22-. The van der Waals surface area contributed by atoms with E-state index in [1.54, 1.807) is 6.21 Å². The first-order valence-corrected chi connectivity index (χ1v) is 12.8. The number of para-hydroxylation sites is 1. The van der Waals surface area contributed by atoms with Crippen LogP contribution in [0.3, 0.4) is 0 Å². The molecule has 1 aromatic heterocycles. The van der Waals surface area contributed by atoms with Gasteiger partial charge in [0.25, 0.3) is 5.91 Å². The van der Waals surface area contributed by atoms with Crippen molar-refractivity contribution in [1.82, 2.24) is 9.99 Å². The summed E-state index contributed by atoms with van der Waals surface area (Å²) in [6.07, 6.45) is 3.85. The summed E-state index contributed by atoms with van der Waals surface area (Å²) >= 11 is 0. The van der Waals surface area contributed by atoms with Crippen molar-refractivity contribution in [1.29, 1.82) is 0 Å². The van der Waals surface area contributed by atoms with Crippen molar-refractivity contribution in [2.75, 3.05) is 0 Å². The Morgan fingerprint density at radius 1 is 0.711 bits per heavy atom. The normalized spacial score (nSPS) is 11.5. The van der Waals surface area contributed by atoms with E-state index in [0.29, 0.717) is 0 Å². The van der Waals surface area contributed by atoms with Gasteiger partial charge in [-0.1, -0.05) is 121 Å². The van der Waals surface area contributed by atoms with Crippen LogP contribution in [0, 0.1) is 0 Å². The number of hydrazone groups is 1. The molecule has 0 bridgehead atoms. The molecule has 0 aliphatic carbocycles. The fourth-order valence-electron chi connectivity index (χ4n) is 5.14. The number of nitrogens with one attached hydrogen (secondary N) is 1. The van der Waals surface area contributed by atoms with E-state index in [1.165, 1.54) is 16.3 Å². The van der Waals surface area contributed by atoms with Gasteiger partial charge in [0, 0.05) is 29.2 Å². The third kappa shape index (κ3) is 4.72. The van der Waals surface area contributed by atoms with E-state index in [0.717, 1.165) is 34.1 Å². The van der Waals surface area contributed by atoms with E-state index < -0.39 is 5.92 Å². The smallest absolute Gasteiger partial charge is 0.252 e. The van der Waals surface area contributed by atoms with Gasteiger partial charge in [-0.2, -0.15) is 5.10 Å². The van der Waals surface area contributed by atoms with Crippen LogP contribution in [0.4, 0.5) is 0 Å². The number of rotatable bonds is 7. The minimum absolute atomic E-state index is 0.168. The van der Waals surface area contributed by atoms with E-state index in [1.807, 2.05) is 66.7 Å². The third-order valence-electron chi connectivity index (χ3n) is 6.95. The quantitative estimate of drug-likeness (QED) is 0.187. The Balaban J connectivity index is 1.28. The van der Waals surface area contributed by atoms with Crippen molar-refractivity contribution in [2.24, 2.45) is 5.10 Å². The van der Waals surface area contributed by atoms with Crippen LogP contribution in [-0.2, 0) is 11.3 Å². The van der Waals surface area contributed by atoms with Gasteiger partial charge in [-0.15, -0.1) is 0 Å². The SMILES string of the molecule is O=C(N/N=C\c1cn(Cc2cccc3ccccc23)c2ccccc12)C(c1ccccc1)c1ccccc1. The molecule has 38 heavy (non-hydrogen) atoms. The lowest BCUT2D eigenvalue weighted by Gasteiger charge is -2.16. The zero-order valence-electron chi connectivity index (χ0n) is 20.9. The predicted molar refractivity (Wildman–Crippen MR) is 155 cm³/mol. The molecule has 1 N–H and O–H groups in total. The van der Waals surface area contributed by atoms with Crippen LogP contribution in [0.1, 0.15) is 28.2 Å². The molecule has 0 aliphatic heterocycles. The number of benzene rings is 5. The molecule has 0 saturated carbocycles. The number of hydrogen-bond acceptors (Lipinski definition) is 2. The maximum Gasteiger partial charge on any atom is 0.252 e. The van der Waals surface area contributed by atoms with Crippen LogP contribution >= 0.6 is 0 Å². The van der Waals surface area contributed by atoms with Gasteiger partial charge in [0.15, 0.2) is 0 Å². The van der Waals surface area contributed by atoms with Crippen molar-refractivity contribution in [3.8, 4) is 0 Å². The number of aromatic nitrogens is 1. The summed E-state index contributed by atoms with van der Waals surface area (Å²) in [5.41, 5.74) is 7.99. The largest absolute Gasteiger partial charge is 0.342 e.